The van der Waals surface area contributed by atoms with E-state index in [1.165, 1.54) is 6.07 Å². The molecular weight excluding hydrogens is 236 g/mol. The summed E-state index contributed by atoms with van der Waals surface area (Å²) >= 11 is 3.92. The van der Waals surface area contributed by atoms with Crippen LogP contribution in [0.3, 0.4) is 0 Å². The lowest BCUT2D eigenvalue weighted by atomic mass is 10.0. The van der Waals surface area contributed by atoms with Crippen molar-refractivity contribution in [1.29, 1.82) is 5.26 Å². The van der Waals surface area contributed by atoms with Crippen molar-refractivity contribution in [1.82, 2.24) is 0 Å². The first-order valence-electron chi connectivity index (χ1n) is 4.15. The van der Waals surface area contributed by atoms with Gasteiger partial charge in [0.2, 0.25) is 0 Å². The van der Waals surface area contributed by atoms with E-state index in [2.05, 4.69) is 17.4 Å². The van der Waals surface area contributed by atoms with Crippen molar-refractivity contribution < 1.29 is 18.3 Å². The smallest absolute Gasteiger partial charge is 0.339 e. The van der Waals surface area contributed by atoms with Crippen LogP contribution >= 0.6 is 12.6 Å². The molecule has 0 amide bonds. The molecule has 0 heterocycles. The lowest BCUT2D eigenvalue weighted by molar-refractivity contribution is 0.0588. The molecule has 1 aromatic carbocycles. The fourth-order valence-electron chi connectivity index (χ4n) is 1.22. The first-order valence-corrected chi connectivity index (χ1v) is 4.60. The van der Waals surface area contributed by atoms with Gasteiger partial charge in [-0.3, -0.25) is 0 Å². The molecule has 0 spiro atoms. The number of carbonyl (C=O) groups is 1. The van der Waals surface area contributed by atoms with Crippen molar-refractivity contribution in [2.75, 3.05) is 7.11 Å². The van der Waals surface area contributed by atoms with Gasteiger partial charge >= 0.3 is 5.97 Å². The second-order valence-electron chi connectivity index (χ2n) is 2.83. The Labute approximate surface area is 96.0 Å². The number of rotatable bonds is 2. The summed E-state index contributed by atoms with van der Waals surface area (Å²) in [5.41, 5.74) is -1.15. The zero-order valence-electron chi connectivity index (χ0n) is 8.20. The van der Waals surface area contributed by atoms with Crippen molar-refractivity contribution in [2.24, 2.45) is 0 Å². The second kappa shape index (κ2) is 4.94. The summed E-state index contributed by atoms with van der Waals surface area (Å²) in [6.07, 6.45) is -2.85. The number of halogens is 2. The zero-order chi connectivity index (χ0) is 12.3. The van der Waals surface area contributed by atoms with Gasteiger partial charge in [0.15, 0.2) is 0 Å². The number of nitrogens with zero attached hydrogens (tertiary/aromatic N) is 1. The molecule has 0 N–H and O–H groups in total. The molecule has 0 aromatic heterocycles. The van der Waals surface area contributed by atoms with Crippen LogP contribution in [0.2, 0.25) is 0 Å². The van der Waals surface area contributed by atoms with E-state index in [9.17, 15) is 13.6 Å². The summed E-state index contributed by atoms with van der Waals surface area (Å²) in [6.45, 7) is 0. The van der Waals surface area contributed by atoms with E-state index in [-0.39, 0.29) is 10.5 Å². The van der Waals surface area contributed by atoms with E-state index in [1.54, 1.807) is 6.07 Å². The predicted molar refractivity (Wildman–Crippen MR) is 54.7 cm³/mol. The molecule has 0 saturated carbocycles. The Morgan fingerprint density at radius 2 is 2.19 bits per heavy atom. The fraction of sp³-hybridized carbons (Fsp3) is 0.200. The normalized spacial score (nSPS) is 10.0. The molecule has 0 unspecified atom stereocenters. The number of methoxy groups -OCH3 is 1. The van der Waals surface area contributed by atoms with Crippen molar-refractivity contribution in [3.8, 4) is 6.07 Å². The highest BCUT2D eigenvalue weighted by atomic mass is 32.1. The number of ether oxygens (including phenoxy) is 1. The molecule has 0 bridgehead atoms. The van der Waals surface area contributed by atoms with Gasteiger partial charge in [-0.15, -0.1) is 12.6 Å². The topological polar surface area (TPSA) is 50.1 Å². The number of carbonyl (C=O) groups excluding carboxylic acids is 1. The maximum Gasteiger partial charge on any atom is 0.339 e. The summed E-state index contributed by atoms with van der Waals surface area (Å²) in [5.74, 6) is -0.970. The molecule has 3 nitrogen and oxygen atoms in total. The van der Waals surface area contributed by atoms with Gasteiger partial charge < -0.3 is 4.74 Å². The molecule has 0 saturated heterocycles. The Kier molecular flexibility index (Phi) is 3.85. The Bertz CT molecular complexity index is 469. The first kappa shape index (κ1) is 12.5. The Balaban J connectivity index is 3.55. The molecule has 84 valence electrons. The lowest BCUT2D eigenvalue weighted by Gasteiger charge is -2.10. The third-order valence-corrected chi connectivity index (χ3v) is 2.32. The first-order chi connectivity index (χ1) is 7.52. The van der Waals surface area contributed by atoms with Gasteiger partial charge in [0.25, 0.3) is 6.43 Å². The van der Waals surface area contributed by atoms with Gasteiger partial charge in [0.1, 0.15) is 6.07 Å². The number of hydrogen-bond donors (Lipinski definition) is 1. The summed E-state index contributed by atoms with van der Waals surface area (Å²) in [4.78, 5) is 11.5. The van der Waals surface area contributed by atoms with E-state index < -0.39 is 23.5 Å². The van der Waals surface area contributed by atoms with Crippen LogP contribution in [0.15, 0.2) is 17.0 Å². The third kappa shape index (κ3) is 2.14. The molecule has 0 atom stereocenters. The standard InChI is InChI=1S/C10H7F2NO2S/c1-15-10(14)8-5(9(11)12)2-3-7(16)6(8)4-13/h2-3,9,16H,1H3. The summed E-state index contributed by atoms with van der Waals surface area (Å²) < 4.78 is 29.6. The van der Waals surface area contributed by atoms with Crippen LogP contribution in [0.5, 0.6) is 0 Å². The maximum absolute atomic E-state index is 12.6. The van der Waals surface area contributed by atoms with Crippen LogP contribution in [0.25, 0.3) is 0 Å². The number of thiol groups is 1. The van der Waals surface area contributed by atoms with Crippen LogP contribution in [0, 0.1) is 11.3 Å². The van der Waals surface area contributed by atoms with Crippen molar-refractivity contribution in [3.63, 3.8) is 0 Å². The molecule has 0 aliphatic heterocycles. The third-order valence-electron chi connectivity index (χ3n) is 1.95. The molecule has 0 radical (unpaired) electrons. The summed E-state index contributed by atoms with van der Waals surface area (Å²) in [6, 6.07) is 3.97. The van der Waals surface area contributed by atoms with Gasteiger partial charge in [0.05, 0.1) is 18.2 Å². The molecule has 0 aliphatic rings. The van der Waals surface area contributed by atoms with Crippen LogP contribution in [0.4, 0.5) is 8.78 Å². The molecule has 6 heteroatoms. The van der Waals surface area contributed by atoms with Crippen molar-refractivity contribution in [3.05, 3.63) is 28.8 Å². The molecule has 16 heavy (non-hydrogen) atoms. The molecule has 0 fully saturated rings. The molecule has 1 rings (SSSR count). The van der Waals surface area contributed by atoms with Crippen LogP contribution in [-0.2, 0) is 4.74 Å². The highest BCUT2D eigenvalue weighted by Gasteiger charge is 2.24. The van der Waals surface area contributed by atoms with Gasteiger partial charge in [-0.05, 0) is 6.07 Å². The minimum absolute atomic E-state index is 0.160. The number of benzene rings is 1. The Morgan fingerprint density at radius 1 is 1.56 bits per heavy atom. The largest absolute Gasteiger partial charge is 0.465 e. The lowest BCUT2D eigenvalue weighted by Crippen LogP contribution is -2.09. The molecule has 1 aromatic rings. The number of alkyl halides is 2. The predicted octanol–water partition coefficient (Wildman–Crippen LogP) is 2.57. The van der Waals surface area contributed by atoms with E-state index in [0.29, 0.717) is 0 Å². The summed E-state index contributed by atoms with van der Waals surface area (Å²) in [5, 5.41) is 8.80. The highest BCUT2D eigenvalue weighted by molar-refractivity contribution is 7.80. The average molecular weight is 243 g/mol. The number of esters is 1. The van der Waals surface area contributed by atoms with Gasteiger partial charge in [-0.1, -0.05) is 6.07 Å². The SMILES string of the molecule is COC(=O)c1c(C(F)F)ccc(S)c1C#N. The van der Waals surface area contributed by atoms with Crippen molar-refractivity contribution in [2.45, 2.75) is 11.3 Å². The highest BCUT2D eigenvalue weighted by Crippen LogP contribution is 2.29. The van der Waals surface area contributed by atoms with Crippen molar-refractivity contribution >= 4 is 18.6 Å². The monoisotopic (exact) mass is 243 g/mol. The average Bonchev–Trinajstić information content (AvgIpc) is 2.27. The van der Waals surface area contributed by atoms with Crippen LogP contribution in [0.1, 0.15) is 27.9 Å². The van der Waals surface area contributed by atoms with E-state index in [4.69, 9.17) is 5.26 Å². The quantitative estimate of drug-likeness (QED) is 0.641. The number of nitriles is 1. The van der Waals surface area contributed by atoms with E-state index in [1.807, 2.05) is 0 Å². The Morgan fingerprint density at radius 3 is 2.62 bits per heavy atom. The van der Waals surface area contributed by atoms with Crippen LogP contribution < -0.4 is 0 Å². The second-order valence-corrected chi connectivity index (χ2v) is 3.31. The van der Waals surface area contributed by atoms with Crippen LogP contribution in [-0.4, -0.2) is 13.1 Å². The minimum Gasteiger partial charge on any atom is -0.465 e. The zero-order valence-corrected chi connectivity index (χ0v) is 9.09. The van der Waals surface area contributed by atoms with E-state index in [0.717, 1.165) is 13.2 Å². The van der Waals surface area contributed by atoms with E-state index >= 15 is 0 Å². The molecular formula is C10H7F2NO2S. The van der Waals surface area contributed by atoms with Gasteiger partial charge in [-0.2, -0.15) is 5.26 Å². The number of hydrogen-bond acceptors (Lipinski definition) is 4. The van der Waals surface area contributed by atoms with Gasteiger partial charge in [0, 0.05) is 10.5 Å². The fourth-order valence-corrected chi connectivity index (χ4v) is 1.46. The Hall–Kier alpha value is -1.61. The minimum atomic E-state index is -2.85. The molecule has 0 aliphatic carbocycles. The maximum atomic E-state index is 12.6. The summed E-state index contributed by atoms with van der Waals surface area (Å²) in [7, 11) is 1.06. The van der Waals surface area contributed by atoms with Gasteiger partial charge in [-0.25, -0.2) is 13.6 Å².